The van der Waals surface area contributed by atoms with Crippen molar-refractivity contribution in [1.82, 2.24) is 20.2 Å². The maximum absolute atomic E-state index is 12.3. The summed E-state index contributed by atoms with van der Waals surface area (Å²) < 4.78 is 0. The van der Waals surface area contributed by atoms with Crippen LogP contribution in [0.2, 0.25) is 0 Å². The minimum atomic E-state index is 0.00293. The van der Waals surface area contributed by atoms with Crippen molar-refractivity contribution >= 4 is 6.03 Å². The lowest BCUT2D eigenvalue weighted by Crippen LogP contribution is -2.47. The van der Waals surface area contributed by atoms with E-state index < -0.39 is 0 Å². The average molecular weight is 276 g/mol. The summed E-state index contributed by atoms with van der Waals surface area (Å²) in [5.41, 5.74) is 0.846. The van der Waals surface area contributed by atoms with Crippen LogP contribution < -0.4 is 5.32 Å². The molecule has 1 aliphatic carbocycles. The topological polar surface area (TPSA) is 58.1 Å². The van der Waals surface area contributed by atoms with E-state index in [9.17, 15) is 4.79 Å². The van der Waals surface area contributed by atoms with Gasteiger partial charge in [0.1, 0.15) is 5.82 Å². The zero-order chi connectivity index (χ0) is 14.5. The highest BCUT2D eigenvalue weighted by Crippen LogP contribution is 2.27. The second-order valence-corrected chi connectivity index (χ2v) is 5.80. The number of carbonyl (C=O) groups is 1. The molecular formula is C15H24N4O. The first kappa shape index (κ1) is 14.8. The highest BCUT2D eigenvalue weighted by atomic mass is 16.2. The number of nitrogens with one attached hydrogen (secondary N) is 1. The minimum absolute atomic E-state index is 0.00293. The molecule has 1 fully saturated rings. The van der Waals surface area contributed by atoms with E-state index in [-0.39, 0.29) is 12.1 Å². The number of aromatic nitrogens is 2. The van der Waals surface area contributed by atoms with Gasteiger partial charge in [-0.25, -0.2) is 14.8 Å². The number of urea groups is 1. The van der Waals surface area contributed by atoms with E-state index in [0.29, 0.717) is 12.5 Å². The Kier molecular flexibility index (Phi) is 4.93. The van der Waals surface area contributed by atoms with Crippen molar-refractivity contribution in [3.8, 4) is 0 Å². The van der Waals surface area contributed by atoms with Crippen molar-refractivity contribution < 1.29 is 4.79 Å². The van der Waals surface area contributed by atoms with Gasteiger partial charge in [0.05, 0.1) is 12.2 Å². The maximum atomic E-state index is 12.3. The third kappa shape index (κ3) is 3.92. The highest BCUT2D eigenvalue weighted by Gasteiger charge is 2.25. The monoisotopic (exact) mass is 276 g/mol. The fourth-order valence-corrected chi connectivity index (χ4v) is 2.35. The third-order valence-corrected chi connectivity index (χ3v) is 3.82. The van der Waals surface area contributed by atoms with Crippen molar-refractivity contribution in [2.24, 2.45) is 5.92 Å². The Morgan fingerprint density at radius 3 is 2.80 bits per heavy atom. The molecule has 110 valence electrons. The molecule has 0 spiro atoms. The molecule has 0 aliphatic heterocycles. The zero-order valence-electron chi connectivity index (χ0n) is 12.6. The van der Waals surface area contributed by atoms with Crippen LogP contribution in [0.1, 0.15) is 44.6 Å². The first-order valence-corrected chi connectivity index (χ1v) is 7.39. The van der Waals surface area contributed by atoms with Crippen molar-refractivity contribution in [2.75, 3.05) is 6.54 Å². The Bertz CT molecular complexity index is 457. The summed E-state index contributed by atoms with van der Waals surface area (Å²) in [7, 11) is 0. The number of aryl methyl sites for hydroxylation is 1. The van der Waals surface area contributed by atoms with Crippen molar-refractivity contribution in [3.63, 3.8) is 0 Å². The fraction of sp³-hybridized carbons (Fsp3) is 0.667. The predicted octanol–water partition coefficient (Wildman–Crippen LogP) is 2.51. The Labute approximate surface area is 120 Å². The summed E-state index contributed by atoms with van der Waals surface area (Å²) in [6.45, 7) is 7.30. The molecule has 2 amide bonds. The second kappa shape index (κ2) is 6.68. The van der Waals surface area contributed by atoms with Crippen LogP contribution in [-0.4, -0.2) is 33.5 Å². The van der Waals surface area contributed by atoms with Crippen LogP contribution in [0.4, 0.5) is 4.79 Å². The molecule has 0 unspecified atom stereocenters. The number of amides is 2. The van der Waals surface area contributed by atoms with Gasteiger partial charge in [-0.2, -0.15) is 0 Å². The van der Waals surface area contributed by atoms with E-state index in [4.69, 9.17) is 0 Å². The predicted molar refractivity (Wildman–Crippen MR) is 78.2 cm³/mol. The van der Waals surface area contributed by atoms with E-state index in [1.807, 2.05) is 17.9 Å². The molecule has 0 radical (unpaired) electrons. The van der Waals surface area contributed by atoms with Crippen LogP contribution in [-0.2, 0) is 6.54 Å². The molecular weight excluding hydrogens is 252 g/mol. The molecule has 5 heteroatoms. The van der Waals surface area contributed by atoms with Gasteiger partial charge < -0.3 is 10.2 Å². The molecule has 5 nitrogen and oxygen atoms in total. The van der Waals surface area contributed by atoms with Crippen LogP contribution in [0, 0.1) is 12.8 Å². The van der Waals surface area contributed by atoms with Gasteiger partial charge in [0.2, 0.25) is 0 Å². The van der Waals surface area contributed by atoms with Gasteiger partial charge in [0.15, 0.2) is 0 Å². The van der Waals surface area contributed by atoms with E-state index >= 15 is 0 Å². The Balaban J connectivity index is 1.87. The molecule has 0 bridgehead atoms. The fourth-order valence-electron chi connectivity index (χ4n) is 2.35. The van der Waals surface area contributed by atoms with Gasteiger partial charge in [-0.1, -0.05) is 6.42 Å². The van der Waals surface area contributed by atoms with Crippen LogP contribution in [0.5, 0.6) is 0 Å². The molecule has 1 aliphatic rings. The van der Waals surface area contributed by atoms with Crippen LogP contribution in [0.15, 0.2) is 12.3 Å². The van der Waals surface area contributed by atoms with Gasteiger partial charge in [-0.15, -0.1) is 0 Å². The van der Waals surface area contributed by atoms with Crippen molar-refractivity contribution in [2.45, 2.75) is 52.6 Å². The summed E-state index contributed by atoms with van der Waals surface area (Å²) in [5, 5.41) is 2.96. The molecule has 1 aromatic rings. The van der Waals surface area contributed by atoms with Gasteiger partial charge >= 0.3 is 6.03 Å². The molecule has 20 heavy (non-hydrogen) atoms. The minimum Gasteiger partial charge on any atom is -0.332 e. The SMILES string of the molecule is Cc1nccc(CNC(=O)N(CC2CCC2)C(C)C)n1. The van der Waals surface area contributed by atoms with E-state index in [1.165, 1.54) is 19.3 Å². The first-order valence-electron chi connectivity index (χ1n) is 7.39. The van der Waals surface area contributed by atoms with Gasteiger partial charge in [0.25, 0.3) is 0 Å². The molecule has 1 saturated carbocycles. The molecule has 0 aromatic carbocycles. The smallest absolute Gasteiger partial charge is 0.317 e. The maximum Gasteiger partial charge on any atom is 0.317 e. The number of carbonyl (C=O) groups excluding carboxylic acids is 1. The summed E-state index contributed by atoms with van der Waals surface area (Å²) >= 11 is 0. The molecule has 2 rings (SSSR count). The largest absolute Gasteiger partial charge is 0.332 e. The van der Waals surface area contributed by atoms with E-state index in [1.54, 1.807) is 6.20 Å². The summed E-state index contributed by atoms with van der Waals surface area (Å²) in [6.07, 6.45) is 5.53. The standard InChI is InChI=1S/C15H24N4O/c1-11(2)19(10-13-5-4-6-13)15(20)17-9-14-7-8-16-12(3)18-14/h7-8,11,13H,4-6,9-10H2,1-3H3,(H,17,20). The van der Waals surface area contributed by atoms with Crippen molar-refractivity contribution in [3.05, 3.63) is 23.8 Å². The quantitative estimate of drug-likeness (QED) is 0.899. The molecule has 0 atom stereocenters. The van der Waals surface area contributed by atoms with E-state index in [0.717, 1.165) is 18.1 Å². The Morgan fingerprint density at radius 2 is 2.25 bits per heavy atom. The van der Waals surface area contributed by atoms with Gasteiger partial charge in [-0.05, 0) is 45.6 Å². The summed E-state index contributed by atoms with van der Waals surface area (Å²) in [5.74, 6) is 1.41. The van der Waals surface area contributed by atoms with Crippen molar-refractivity contribution in [1.29, 1.82) is 0 Å². The first-order chi connectivity index (χ1) is 9.56. The van der Waals surface area contributed by atoms with E-state index in [2.05, 4.69) is 29.1 Å². The Morgan fingerprint density at radius 1 is 1.50 bits per heavy atom. The summed E-state index contributed by atoms with van der Waals surface area (Å²) in [4.78, 5) is 22.6. The van der Waals surface area contributed by atoms with Gasteiger partial charge in [0, 0.05) is 18.8 Å². The zero-order valence-corrected chi connectivity index (χ0v) is 12.6. The third-order valence-electron chi connectivity index (χ3n) is 3.82. The average Bonchev–Trinajstić information content (AvgIpc) is 2.34. The molecule has 1 N–H and O–H groups in total. The highest BCUT2D eigenvalue weighted by molar-refractivity contribution is 5.74. The normalized spacial score (nSPS) is 15.0. The molecule has 1 aromatic heterocycles. The van der Waals surface area contributed by atoms with Crippen LogP contribution >= 0.6 is 0 Å². The summed E-state index contributed by atoms with van der Waals surface area (Å²) in [6, 6.07) is 2.06. The molecule has 0 saturated heterocycles. The lowest BCUT2D eigenvalue weighted by molar-refractivity contribution is 0.150. The van der Waals surface area contributed by atoms with Gasteiger partial charge in [-0.3, -0.25) is 0 Å². The lowest BCUT2D eigenvalue weighted by atomic mass is 9.85. The number of rotatable bonds is 5. The Hall–Kier alpha value is -1.65. The number of hydrogen-bond acceptors (Lipinski definition) is 3. The second-order valence-electron chi connectivity index (χ2n) is 5.80. The lowest BCUT2D eigenvalue weighted by Gasteiger charge is -2.34. The van der Waals surface area contributed by atoms with Crippen LogP contribution in [0.3, 0.4) is 0 Å². The van der Waals surface area contributed by atoms with Crippen LogP contribution in [0.25, 0.3) is 0 Å². The number of hydrogen-bond donors (Lipinski definition) is 1. The number of nitrogens with zero attached hydrogens (tertiary/aromatic N) is 3. The molecule has 1 heterocycles.